The molecule has 1 aromatic heterocycles. The number of carbonyl (C=O) groups excluding carboxylic acids is 2. The fraction of sp³-hybridized carbons (Fsp3) is 0.136. The summed E-state index contributed by atoms with van der Waals surface area (Å²) in [5.41, 5.74) is 1.16. The second kappa shape index (κ2) is 10.4. The monoisotopic (exact) mass is 469 g/mol. The molecule has 0 atom stereocenters. The molecule has 0 spiro atoms. The van der Waals surface area contributed by atoms with Gasteiger partial charge < -0.3 is 20.1 Å². The van der Waals surface area contributed by atoms with Crippen LogP contribution in [0.5, 0.6) is 17.4 Å². The highest BCUT2D eigenvalue weighted by atomic mass is 79.9. The van der Waals surface area contributed by atoms with E-state index in [1.165, 1.54) is 6.20 Å². The first-order chi connectivity index (χ1) is 14.5. The minimum Gasteiger partial charge on any atom is -0.497 e. The Bertz CT molecular complexity index is 1010. The van der Waals surface area contributed by atoms with E-state index in [1.54, 1.807) is 31.4 Å². The highest BCUT2D eigenvalue weighted by Crippen LogP contribution is 2.24. The zero-order valence-corrected chi connectivity index (χ0v) is 17.8. The van der Waals surface area contributed by atoms with Crippen molar-refractivity contribution in [3.63, 3.8) is 0 Å². The van der Waals surface area contributed by atoms with Crippen molar-refractivity contribution in [1.82, 2.24) is 15.6 Å². The Kier molecular flexibility index (Phi) is 7.40. The predicted molar refractivity (Wildman–Crippen MR) is 116 cm³/mol. The average Bonchev–Trinajstić information content (AvgIpc) is 2.78. The Hall–Kier alpha value is -3.39. The normalized spacial score (nSPS) is 10.2. The number of nitrogens with one attached hydrogen (secondary N) is 2. The molecule has 30 heavy (non-hydrogen) atoms. The van der Waals surface area contributed by atoms with Crippen LogP contribution in [-0.4, -0.2) is 30.5 Å². The Morgan fingerprint density at radius 1 is 0.967 bits per heavy atom. The molecular weight excluding hydrogens is 450 g/mol. The van der Waals surface area contributed by atoms with Gasteiger partial charge in [0, 0.05) is 17.2 Å². The maximum Gasteiger partial charge on any atom is 0.257 e. The molecule has 0 fully saturated rings. The molecule has 1 heterocycles. The Morgan fingerprint density at radius 3 is 2.37 bits per heavy atom. The second-order valence-electron chi connectivity index (χ2n) is 6.22. The zero-order valence-electron chi connectivity index (χ0n) is 16.2. The first kappa shape index (κ1) is 21.3. The van der Waals surface area contributed by atoms with Gasteiger partial charge in [-0.15, -0.1) is 0 Å². The van der Waals surface area contributed by atoms with Crippen molar-refractivity contribution in [2.24, 2.45) is 0 Å². The van der Waals surface area contributed by atoms with E-state index < -0.39 is 5.91 Å². The van der Waals surface area contributed by atoms with E-state index in [0.29, 0.717) is 12.3 Å². The van der Waals surface area contributed by atoms with E-state index in [1.807, 2.05) is 36.4 Å². The molecule has 0 aliphatic heterocycles. The molecule has 0 bridgehead atoms. The minimum absolute atomic E-state index is 0.163. The van der Waals surface area contributed by atoms with Crippen LogP contribution in [0.2, 0.25) is 0 Å². The van der Waals surface area contributed by atoms with Gasteiger partial charge in [0.05, 0.1) is 13.7 Å². The van der Waals surface area contributed by atoms with Crippen LogP contribution >= 0.6 is 15.9 Å². The summed E-state index contributed by atoms with van der Waals surface area (Å²) in [6, 6.07) is 17.7. The van der Waals surface area contributed by atoms with Crippen LogP contribution in [0.25, 0.3) is 0 Å². The number of carbonyl (C=O) groups is 2. The van der Waals surface area contributed by atoms with Gasteiger partial charge in [0.1, 0.15) is 17.1 Å². The van der Waals surface area contributed by atoms with Gasteiger partial charge in [-0.2, -0.15) is 0 Å². The van der Waals surface area contributed by atoms with E-state index in [9.17, 15) is 9.59 Å². The van der Waals surface area contributed by atoms with E-state index >= 15 is 0 Å². The maximum atomic E-state index is 12.5. The molecule has 8 heteroatoms. The number of methoxy groups -OCH3 is 1. The van der Waals surface area contributed by atoms with Crippen LogP contribution in [0.15, 0.2) is 71.3 Å². The van der Waals surface area contributed by atoms with E-state index in [0.717, 1.165) is 15.8 Å². The third-order valence-electron chi connectivity index (χ3n) is 4.10. The molecule has 2 N–H and O–H groups in total. The fourth-order valence-corrected chi connectivity index (χ4v) is 2.79. The van der Waals surface area contributed by atoms with Crippen molar-refractivity contribution in [2.45, 2.75) is 6.54 Å². The molecular formula is C22H20BrN3O4. The molecule has 0 aliphatic rings. The van der Waals surface area contributed by atoms with Crippen LogP contribution in [0.1, 0.15) is 15.9 Å². The zero-order chi connectivity index (χ0) is 21.3. The molecule has 0 aliphatic carbocycles. The molecule has 3 rings (SSSR count). The Morgan fingerprint density at radius 2 is 1.67 bits per heavy atom. The van der Waals surface area contributed by atoms with Gasteiger partial charge in [-0.25, -0.2) is 4.98 Å². The lowest BCUT2D eigenvalue weighted by Gasteiger charge is -2.11. The third-order valence-corrected chi connectivity index (χ3v) is 4.63. The van der Waals surface area contributed by atoms with Gasteiger partial charge in [-0.1, -0.05) is 28.1 Å². The number of benzene rings is 2. The molecule has 3 aromatic rings. The minimum atomic E-state index is -0.449. The molecule has 0 radical (unpaired) electrons. The number of halogens is 1. The molecule has 0 saturated carbocycles. The van der Waals surface area contributed by atoms with Crippen LogP contribution in [-0.2, 0) is 11.3 Å². The number of pyridine rings is 1. The smallest absolute Gasteiger partial charge is 0.257 e. The number of nitrogens with zero attached hydrogens (tertiary/aromatic N) is 1. The largest absolute Gasteiger partial charge is 0.497 e. The van der Waals surface area contributed by atoms with Gasteiger partial charge >= 0.3 is 0 Å². The number of ether oxygens (including phenoxy) is 2. The van der Waals surface area contributed by atoms with Crippen molar-refractivity contribution in [2.75, 3.05) is 13.7 Å². The molecule has 0 unspecified atom stereocenters. The summed E-state index contributed by atoms with van der Waals surface area (Å²) >= 11 is 3.36. The van der Waals surface area contributed by atoms with Crippen molar-refractivity contribution in [3.05, 3.63) is 82.5 Å². The number of aromatic nitrogens is 1. The Balaban J connectivity index is 1.54. The van der Waals surface area contributed by atoms with Crippen LogP contribution in [0, 0.1) is 0 Å². The van der Waals surface area contributed by atoms with Gasteiger partial charge in [0.15, 0.2) is 0 Å². The third kappa shape index (κ3) is 6.05. The maximum absolute atomic E-state index is 12.5. The lowest BCUT2D eigenvalue weighted by Crippen LogP contribution is -2.36. The van der Waals surface area contributed by atoms with E-state index in [4.69, 9.17) is 9.47 Å². The number of hydrogen-bond donors (Lipinski definition) is 2. The van der Waals surface area contributed by atoms with Crippen molar-refractivity contribution in [3.8, 4) is 17.4 Å². The van der Waals surface area contributed by atoms with Crippen LogP contribution in [0.4, 0.5) is 0 Å². The molecule has 2 aromatic carbocycles. The summed E-state index contributed by atoms with van der Waals surface area (Å²) in [5.74, 6) is 0.697. The topological polar surface area (TPSA) is 89.6 Å². The van der Waals surface area contributed by atoms with Crippen LogP contribution in [0.3, 0.4) is 0 Å². The van der Waals surface area contributed by atoms with Gasteiger partial charge in [-0.05, 0) is 54.1 Å². The summed E-state index contributed by atoms with van der Waals surface area (Å²) < 4.78 is 11.7. The highest BCUT2D eigenvalue weighted by Gasteiger charge is 2.15. The first-order valence-corrected chi connectivity index (χ1v) is 9.90. The van der Waals surface area contributed by atoms with E-state index in [2.05, 4.69) is 31.5 Å². The molecule has 2 amide bonds. The van der Waals surface area contributed by atoms with E-state index in [-0.39, 0.29) is 23.9 Å². The second-order valence-corrected chi connectivity index (χ2v) is 7.14. The van der Waals surface area contributed by atoms with Crippen molar-refractivity contribution < 1.29 is 19.1 Å². The Labute approximate surface area is 182 Å². The predicted octanol–water partition coefficient (Wildman–Crippen LogP) is 3.69. The number of hydrogen-bond acceptors (Lipinski definition) is 5. The number of amides is 2. The molecule has 0 saturated heterocycles. The van der Waals surface area contributed by atoms with Crippen molar-refractivity contribution in [1.29, 1.82) is 0 Å². The molecule has 7 nitrogen and oxygen atoms in total. The summed E-state index contributed by atoms with van der Waals surface area (Å²) in [5, 5.41) is 5.35. The summed E-state index contributed by atoms with van der Waals surface area (Å²) in [6.45, 7) is 0.186. The quantitative estimate of drug-likeness (QED) is 0.524. The van der Waals surface area contributed by atoms with Crippen molar-refractivity contribution >= 4 is 27.7 Å². The highest BCUT2D eigenvalue weighted by molar-refractivity contribution is 9.10. The van der Waals surface area contributed by atoms with Gasteiger partial charge in [-0.3, -0.25) is 9.59 Å². The first-order valence-electron chi connectivity index (χ1n) is 9.11. The fourth-order valence-electron chi connectivity index (χ4n) is 2.52. The molecule has 154 valence electrons. The SMILES string of the molecule is COc1ccc(CNC(=O)CNC(=O)c2cccnc2Oc2ccc(Br)cc2)cc1. The van der Waals surface area contributed by atoms with Gasteiger partial charge in [0.25, 0.3) is 5.91 Å². The van der Waals surface area contributed by atoms with Gasteiger partial charge in [0.2, 0.25) is 11.8 Å². The summed E-state index contributed by atoms with van der Waals surface area (Å²) in [4.78, 5) is 28.7. The lowest BCUT2D eigenvalue weighted by atomic mass is 10.2. The number of rotatable bonds is 8. The lowest BCUT2D eigenvalue weighted by molar-refractivity contribution is -0.120. The van der Waals surface area contributed by atoms with Crippen LogP contribution < -0.4 is 20.1 Å². The average molecular weight is 470 g/mol. The summed E-state index contributed by atoms with van der Waals surface area (Å²) in [6.07, 6.45) is 1.53. The summed E-state index contributed by atoms with van der Waals surface area (Å²) in [7, 11) is 1.59. The standard InChI is InChI=1S/C22H20BrN3O4/c1-29-17-8-4-15(5-9-17)13-25-20(27)14-26-21(28)19-3-2-12-24-22(19)30-18-10-6-16(23)7-11-18/h2-12H,13-14H2,1H3,(H,25,27)(H,26,28).